The highest BCUT2D eigenvalue weighted by atomic mass is 35.5. The van der Waals surface area contributed by atoms with Gasteiger partial charge in [-0.15, -0.1) is 0 Å². The van der Waals surface area contributed by atoms with Gasteiger partial charge >= 0.3 is 0 Å². The van der Waals surface area contributed by atoms with Crippen molar-refractivity contribution in [3.8, 4) is 11.5 Å². The van der Waals surface area contributed by atoms with Crippen LogP contribution in [0.3, 0.4) is 0 Å². The minimum absolute atomic E-state index is 0.300. The fourth-order valence-electron chi connectivity index (χ4n) is 3.03. The van der Waals surface area contributed by atoms with Crippen LogP contribution in [-0.2, 0) is 6.54 Å². The van der Waals surface area contributed by atoms with Crippen molar-refractivity contribution < 1.29 is 14.3 Å². The van der Waals surface area contributed by atoms with Crippen molar-refractivity contribution in [3.05, 3.63) is 69.0 Å². The lowest BCUT2D eigenvalue weighted by atomic mass is 10.1. The summed E-state index contributed by atoms with van der Waals surface area (Å²) in [6, 6.07) is 10.4. The maximum absolute atomic E-state index is 12.9. The molecule has 1 amide bonds. The summed E-state index contributed by atoms with van der Waals surface area (Å²) in [7, 11) is 3.06. The van der Waals surface area contributed by atoms with Crippen molar-refractivity contribution in [3.63, 3.8) is 0 Å². The van der Waals surface area contributed by atoms with Crippen molar-refractivity contribution in [2.24, 2.45) is 0 Å². The van der Waals surface area contributed by atoms with Gasteiger partial charge < -0.3 is 14.8 Å². The second kappa shape index (κ2) is 8.76. The van der Waals surface area contributed by atoms with E-state index in [0.29, 0.717) is 45.0 Å². The van der Waals surface area contributed by atoms with Crippen molar-refractivity contribution in [2.45, 2.75) is 20.4 Å². The van der Waals surface area contributed by atoms with Gasteiger partial charge in [-0.3, -0.25) is 9.48 Å². The number of hydrogen-bond acceptors (Lipinski definition) is 4. The number of hydrogen-bond donors (Lipinski definition) is 1. The lowest BCUT2D eigenvalue weighted by Gasteiger charge is -2.12. The average Bonchev–Trinajstić information content (AvgIpc) is 2.97. The Kier molecular flexibility index (Phi) is 6.35. The van der Waals surface area contributed by atoms with E-state index >= 15 is 0 Å². The first-order valence-electron chi connectivity index (χ1n) is 8.86. The molecule has 152 valence electrons. The molecule has 1 aromatic heterocycles. The number of nitrogens with one attached hydrogen (secondary N) is 1. The number of aryl methyl sites for hydroxylation is 1. The Labute approximate surface area is 179 Å². The molecule has 0 bridgehead atoms. The van der Waals surface area contributed by atoms with Crippen LogP contribution in [0.25, 0.3) is 0 Å². The standard InChI is InChI=1S/C21H21Cl2N3O3/c1-12-20(24-21(27)15-9-8-14(28-3)10-19(15)29-4)13(2)26(25-12)11-16-17(22)6-5-7-18(16)23/h5-10H,11H2,1-4H3,(H,24,27). The summed E-state index contributed by atoms with van der Waals surface area (Å²) in [6.07, 6.45) is 0. The maximum Gasteiger partial charge on any atom is 0.259 e. The Morgan fingerprint density at radius 2 is 1.79 bits per heavy atom. The van der Waals surface area contributed by atoms with E-state index in [-0.39, 0.29) is 5.91 Å². The second-order valence-electron chi connectivity index (χ2n) is 6.42. The van der Waals surface area contributed by atoms with Crippen LogP contribution in [0.5, 0.6) is 11.5 Å². The van der Waals surface area contributed by atoms with Crippen molar-refractivity contribution in [2.75, 3.05) is 19.5 Å². The summed E-state index contributed by atoms with van der Waals surface area (Å²) in [5.74, 6) is 0.730. The summed E-state index contributed by atoms with van der Waals surface area (Å²) >= 11 is 12.6. The summed E-state index contributed by atoms with van der Waals surface area (Å²) < 4.78 is 12.3. The van der Waals surface area contributed by atoms with Crippen LogP contribution in [0.15, 0.2) is 36.4 Å². The third-order valence-corrected chi connectivity index (χ3v) is 5.35. The zero-order valence-corrected chi connectivity index (χ0v) is 18.1. The molecule has 0 saturated carbocycles. The number of anilines is 1. The Hall–Kier alpha value is -2.70. The van der Waals surface area contributed by atoms with Gasteiger partial charge in [-0.05, 0) is 38.1 Å². The second-order valence-corrected chi connectivity index (χ2v) is 7.24. The number of amides is 1. The molecule has 0 aliphatic heterocycles. The molecule has 0 atom stereocenters. The molecule has 3 rings (SSSR count). The molecule has 0 unspecified atom stereocenters. The highest BCUT2D eigenvalue weighted by Gasteiger charge is 2.19. The van der Waals surface area contributed by atoms with Crippen molar-refractivity contribution in [1.82, 2.24) is 9.78 Å². The van der Waals surface area contributed by atoms with Gasteiger partial charge in [0.05, 0.1) is 43.4 Å². The molecule has 0 saturated heterocycles. The van der Waals surface area contributed by atoms with Gasteiger partial charge in [-0.2, -0.15) is 5.10 Å². The van der Waals surface area contributed by atoms with E-state index in [1.807, 2.05) is 13.8 Å². The van der Waals surface area contributed by atoms with Gasteiger partial charge in [0.1, 0.15) is 11.5 Å². The predicted molar refractivity (Wildman–Crippen MR) is 115 cm³/mol. The van der Waals surface area contributed by atoms with E-state index in [1.54, 1.807) is 48.2 Å². The van der Waals surface area contributed by atoms with E-state index in [2.05, 4.69) is 10.4 Å². The molecule has 3 aromatic rings. The van der Waals surface area contributed by atoms with Crippen LogP contribution in [0.4, 0.5) is 5.69 Å². The zero-order chi connectivity index (χ0) is 21.1. The van der Waals surface area contributed by atoms with Crippen LogP contribution < -0.4 is 14.8 Å². The Morgan fingerprint density at radius 1 is 1.10 bits per heavy atom. The maximum atomic E-state index is 12.9. The average molecular weight is 434 g/mol. The van der Waals surface area contributed by atoms with Gasteiger partial charge in [-0.1, -0.05) is 29.3 Å². The number of carbonyl (C=O) groups is 1. The lowest BCUT2D eigenvalue weighted by molar-refractivity contribution is 0.102. The minimum atomic E-state index is -0.300. The molecular weight excluding hydrogens is 413 g/mol. The SMILES string of the molecule is COc1ccc(C(=O)Nc2c(C)nn(Cc3c(Cl)cccc3Cl)c2C)c(OC)c1. The van der Waals surface area contributed by atoms with E-state index < -0.39 is 0 Å². The molecule has 0 fully saturated rings. The van der Waals surface area contributed by atoms with Crippen molar-refractivity contribution in [1.29, 1.82) is 0 Å². The predicted octanol–water partition coefficient (Wildman–Crippen LogP) is 5.12. The Bertz CT molecular complexity index is 1040. The van der Waals surface area contributed by atoms with Crippen LogP contribution in [0, 0.1) is 13.8 Å². The van der Waals surface area contributed by atoms with E-state index in [4.69, 9.17) is 32.7 Å². The number of methoxy groups -OCH3 is 2. The number of benzene rings is 2. The fraction of sp³-hybridized carbons (Fsp3) is 0.238. The molecule has 1 N–H and O–H groups in total. The van der Waals surface area contributed by atoms with Crippen LogP contribution >= 0.6 is 23.2 Å². The third kappa shape index (κ3) is 4.33. The monoisotopic (exact) mass is 433 g/mol. The highest BCUT2D eigenvalue weighted by Crippen LogP contribution is 2.29. The summed E-state index contributed by atoms with van der Waals surface area (Å²) in [6.45, 7) is 4.11. The summed E-state index contributed by atoms with van der Waals surface area (Å²) in [4.78, 5) is 12.9. The van der Waals surface area contributed by atoms with E-state index in [9.17, 15) is 4.79 Å². The first-order valence-corrected chi connectivity index (χ1v) is 9.61. The summed E-state index contributed by atoms with van der Waals surface area (Å²) in [5, 5.41) is 8.61. The lowest BCUT2D eigenvalue weighted by Crippen LogP contribution is -2.14. The van der Waals surface area contributed by atoms with Gasteiger partial charge in [0, 0.05) is 21.7 Å². The van der Waals surface area contributed by atoms with Gasteiger partial charge in [0.2, 0.25) is 0 Å². The van der Waals surface area contributed by atoms with Gasteiger partial charge in [-0.25, -0.2) is 0 Å². The molecule has 1 heterocycles. The molecule has 29 heavy (non-hydrogen) atoms. The smallest absolute Gasteiger partial charge is 0.259 e. The molecule has 6 nitrogen and oxygen atoms in total. The zero-order valence-electron chi connectivity index (χ0n) is 16.5. The van der Waals surface area contributed by atoms with Crippen LogP contribution in [0.2, 0.25) is 10.0 Å². The third-order valence-electron chi connectivity index (χ3n) is 4.64. The Balaban J connectivity index is 1.88. The van der Waals surface area contributed by atoms with Gasteiger partial charge in [0.25, 0.3) is 5.91 Å². The molecule has 2 aromatic carbocycles. The van der Waals surface area contributed by atoms with Gasteiger partial charge in [0.15, 0.2) is 0 Å². The Morgan fingerprint density at radius 3 is 2.41 bits per heavy atom. The molecular formula is C21H21Cl2N3O3. The first-order chi connectivity index (χ1) is 13.8. The van der Waals surface area contributed by atoms with E-state index in [1.165, 1.54) is 7.11 Å². The molecule has 0 radical (unpaired) electrons. The number of nitrogens with zero attached hydrogens (tertiary/aromatic N) is 2. The molecule has 0 aliphatic carbocycles. The molecule has 0 spiro atoms. The number of carbonyl (C=O) groups excluding carboxylic acids is 1. The fourth-order valence-corrected chi connectivity index (χ4v) is 3.55. The normalized spacial score (nSPS) is 10.7. The van der Waals surface area contributed by atoms with Crippen LogP contribution in [0.1, 0.15) is 27.3 Å². The number of aromatic nitrogens is 2. The largest absolute Gasteiger partial charge is 0.497 e. The van der Waals surface area contributed by atoms with Crippen molar-refractivity contribution >= 4 is 34.8 Å². The number of ether oxygens (including phenoxy) is 2. The number of halogens is 2. The molecule has 0 aliphatic rings. The summed E-state index contributed by atoms with van der Waals surface area (Å²) in [5.41, 5.74) is 3.28. The highest BCUT2D eigenvalue weighted by molar-refractivity contribution is 6.36. The van der Waals surface area contributed by atoms with Crippen LogP contribution in [-0.4, -0.2) is 29.9 Å². The quantitative estimate of drug-likeness (QED) is 0.585. The minimum Gasteiger partial charge on any atom is -0.497 e. The molecule has 8 heteroatoms. The topological polar surface area (TPSA) is 65.4 Å². The first kappa shape index (κ1) is 21.0. The number of rotatable bonds is 6. The van der Waals surface area contributed by atoms with E-state index in [0.717, 1.165) is 11.3 Å².